The Balaban J connectivity index is 1.86. The van der Waals surface area contributed by atoms with Crippen LogP contribution in [0.15, 0.2) is 18.5 Å². The molecule has 0 atom stereocenters. The van der Waals surface area contributed by atoms with Gasteiger partial charge in [-0.15, -0.1) is 0 Å². The Morgan fingerprint density at radius 2 is 2.04 bits per heavy atom. The van der Waals surface area contributed by atoms with Crippen LogP contribution in [0.3, 0.4) is 0 Å². The van der Waals surface area contributed by atoms with E-state index in [-0.39, 0.29) is 0 Å². The maximum absolute atomic E-state index is 11.5. The SMILES string of the molecule is COc1cc2c(N)ncnc2cc1C#CCCCCNC(=O)OC(C)(C)C. The summed E-state index contributed by atoms with van der Waals surface area (Å²) in [6.45, 7) is 6.07. The number of hydrogen-bond acceptors (Lipinski definition) is 6. The standard InChI is InChI=1S/C20H26N4O3/c1-20(2,3)27-19(25)22-10-8-6-5-7-9-14-11-16-15(12-17(14)26-4)18(21)24-13-23-16/h11-13H,5-6,8,10H2,1-4H3,(H,22,25)(H2,21,23,24). The molecule has 1 heterocycles. The Morgan fingerprint density at radius 1 is 1.26 bits per heavy atom. The third kappa shape index (κ3) is 6.33. The van der Waals surface area contributed by atoms with Crippen molar-refractivity contribution in [3.05, 3.63) is 24.0 Å². The summed E-state index contributed by atoms with van der Waals surface area (Å²) >= 11 is 0. The number of carbonyl (C=O) groups is 1. The number of hydrogen-bond donors (Lipinski definition) is 2. The molecule has 0 aliphatic heterocycles. The number of carbonyl (C=O) groups excluding carboxylic acids is 1. The summed E-state index contributed by atoms with van der Waals surface area (Å²) in [4.78, 5) is 19.7. The number of aromatic nitrogens is 2. The van der Waals surface area contributed by atoms with Gasteiger partial charge in [0.05, 0.1) is 18.2 Å². The molecule has 1 aromatic carbocycles. The molecule has 0 aliphatic carbocycles. The molecule has 7 nitrogen and oxygen atoms in total. The first kappa shape index (κ1) is 20.3. The third-order valence-electron chi connectivity index (χ3n) is 3.61. The highest BCUT2D eigenvalue weighted by Crippen LogP contribution is 2.26. The van der Waals surface area contributed by atoms with Gasteiger partial charge < -0.3 is 20.5 Å². The lowest BCUT2D eigenvalue weighted by Crippen LogP contribution is -2.32. The lowest BCUT2D eigenvalue weighted by atomic mass is 10.1. The van der Waals surface area contributed by atoms with Crippen molar-refractivity contribution in [3.8, 4) is 17.6 Å². The molecule has 27 heavy (non-hydrogen) atoms. The van der Waals surface area contributed by atoms with Crippen LogP contribution < -0.4 is 15.8 Å². The number of methoxy groups -OCH3 is 1. The number of nitrogens with one attached hydrogen (secondary N) is 1. The van der Waals surface area contributed by atoms with Gasteiger partial charge in [-0.3, -0.25) is 0 Å². The van der Waals surface area contributed by atoms with E-state index in [4.69, 9.17) is 15.2 Å². The number of unbranched alkanes of at least 4 members (excludes halogenated alkanes) is 2. The van der Waals surface area contributed by atoms with Gasteiger partial charge in [0, 0.05) is 18.4 Å². The van der Waals surface area contributed by atoms with Crippen LogP contribution in [0.1, 0.15) is 45.6 Å². The highest BCUT2D eigenvalue weighted by atomic mass is 16.6. The smallest absolute Gasteiger partial charge is 0.407 e. The van der Waals surface area contributed by atoms with E-state index in [1.54, 1.807) is 13.2 Å². The molecule has 2 aromatic rings. The van der Waals surface area contributed by atoms with E-state index in [1.807, 2.05) is 26.8 Å². The maximum atomic E-state index is 11.5. The fraction of sp³-hybridized carbons (Fsp3) is 0.450. The summed E-state index contributed by atoms with van der Waals surface area (Å²) in [5.74, 6) is 7.31. The van der Waals surface area contributed by atoms with Gasteiger partial charge in [0.15, 0.2) is 0 Å². The molecule has 2 rings (SSSR count). The van der Waals surface area contributed by atoms with Crippen LogP contribution in [-0.4, -0.2) is 35.3 Å². The summed E-state index contributed by atoms with van der Waals surface area (Å²) in [5.41, 5.74) is 6.88. The number of benzene rings is 1. The Bertz CT molecular complexity index is 863. The quantitative estimate of drug-likeness (QED) is 0.619. The van der Waals surface area contributed by atoms with E-state index >= 15 is 0 Å². The van der Waals surface area contributed by atoms with Gasteiger partial charge in [0.25, 0.3) is 0 Å². The van der Waals surface area contributed by atoms with Gasteiger partial charge >= 0.3 is 6.09 Å². The molecule has 3 N–H and O–H groups in total. The monoisotopic (exact) mass is 370 g/mol. The molecule has 1 amide bonds. The fourth-order valence-corrected chi connectivity index (χ4v) is 2.37. The molecular formula is C20H26N4O3. The molecule has 0 unspecified atom stereocenters. The van der Waals surface area contributed by atoms with Gasteiger partial charge in [-0.1, -0.05) is 11.8 Å². The molecule has 0 radical (unpaired) electrons. The largest absolute Gasteiger partial charge is 0.495 e. The van der Waals surface area contributed by atoms with Crippen LogP contribution in [0.4, 0.5) is 10.6 Å². The second-order valence-electron chi connectivity index (χ2n) is 7.02. The van der Waals surface area contributed by atoms with Crippen molar-refractivity contribution < 1.29 is 14.3 Å². The molecule has 0 spiro atoms. The van der Waals surface area contributed by atoms with Gasteiger partial charge in [0.2, 0.25) is 0 Å². The predicted molar refractivity (Wildman–Crippen MR) is 105 cm³/mol. The second-order valence-corrected chi connectivity index (χ2v) is 7.02. The first-order valence-electron chi connectivity index (χ1n) is 8.84. The van der Waals surface area contributed by atoms with E-state index in [2.05, 4.69) is 27.1 Å². The third-order valence-corrected chi connectivity index (χ3v) is 3.61. The zero-order valence-corrected chi connectivity index (χ0v) is 16.3. The lowest BCUT2D eigenvalue weighted by molar-refractivity contribution is 0.0527. The minimum Gasteiger partial charge on any atom is -0.495 e. The Morgan fingerprint density at radius 3 is 2.74 bits per heavy atom. The molecule has 0 saturated carbocycles. The van der Waals surface area contributed by atoms with Crippen LogP contribution in [0.25, 0.3) is 10.9 Å². The molecule has 144 valence electrons. The van der Waals surface area contributed by atoms with Crippen molar-refractivity contribution in [3.63, 3.8) is 0 Å². The van der Waals surface area contributed by atoms with Gasteiger partial charge in [-0.2, -0.15) is 0 Å². The summed E-state index contributed by atoms with van der Waals surface area (Å²) in [6, 6.07) is 3.66. The molecule has 0 saturated heterocycles. The number of anilines is 1. The normalized spacial score (nSPS) is 10.8. The fourth-order valence-electron chi connectivity index (χ4n) is 2.37. The molecule has 1 aromatic heterocycles. The maximum Gasteiger partial charge on any atom is 0.407 e. The van der Waals surface area contributed by atoms with Crippen molar-refractivity contribution in [2.45, 2.75) is 45.6 Å². The predicted octanol–water partition coefficient (Wildman–Crippen LogP) is 3.27. The lowest BCUT2D eigenvalue weighted by Gasteiger charge is -2.19. The number of amides is 1. The zero-order chi connectivity index (χ0) is 19.9. The van der Waals surface area contributed by atoms with Crippen molar-refractivity contribution in [2.75, 3.05) is 19.4 Å². The summed E-state index contributed by atoms with van der Waals surface area (Å²) in [6.07, 6.45) is 3.44. The number of nitrogens with zero attached hydrogens (tertiary/aromatic N) is 2. The molecule has 0 fully saturated rings. The van der Waals surface area contributed by atoms with Crippen molar-refractivity contribution in [1.82, 2.24) is 15.3 Å². The average molecular weight is 370 g/mol. The number of alkyl carbamates (subject to hydrolysis) is 1. The molecule has 7 heteroatoms. The Kier molecular flexibility index (Phi) is 6.83. The van der Waals surface area contributed by atoms with E-state index in [0.29, 0.717) is 24.5 Å². The highest BCUT2D eigenvalue weighted by Gasteiger charge is 2.15. The summed E-state index contributed by atoms with van der Waals surface area (Å²) in [5, 5.41) is 3.48. The molecular weight excluding hydrogens is 344 g/mol. The number of nitrogen functional groups attached to an aromatic ring is 1. The van der Waals surface area contributed by atoms with Crippen molar-refractivity contribution in [1.29, 1.82) is 0 Å². The van der Waals surface area contributed by atoms with Crippen LogP contribution in [0, 0.1) is 11.8 Å². The average Bonchev–Trinajstić information content (AvgIpc) is 2.59. The second kappa shape index (κ2) is 9.08. The van der Waals surface area contributed by atoms with E-state index in [9.17, 15) is 4.79 Å². The van der Waals surface area contributed by atoms with Crippen LogP contribution >= 0.6 is 0 Å². The Labute approximate surface area is 159 Å². The zero-order valence-electron chi connectivity index (χ0n) is 16.3. The van der Waals surface area contributed by atoms with Crippen molar-refractivity contribution in [2.24, 2.45) is 0 Å². The van der Waals surface area contributed by atoms with Crippen LogP contribution in [0.2, 0.25) is 0 Å². The topological polar surface area (TPSA) is 99.4 Å². The first-order valence-corrected chi connectivity index (χ1v) is 8.84. The van der Waals surface area contributed by atoms with Gasteiger partial charge in [-0.05, 0) is 45.7 Å². The van der Waals surface area contributed by atoms with Crippen molar-refractivity contribution >= 4 is 22.8 Å². The van der Waals surface area contributed by atoms with Crippen LogP contribution in [0.5, 0.6) is 5.75 Å². The number of fused-ring (bicyclic) bond motifs is 1. The summed E-state index contributed by atoms with van der Waals surface area (Å²) in [7, 11) is 1.59. The minimum absolute atomic E-state index is 0.393. The number of rotatable bonds is 5. The summed E-state index contributed by atoms with van der Waals surface area (Å²) < 4.78 is 10.6. The molecule has 0 bridgehead atoms. The highest BCUT2D eigenvalue weighted by molar-refractivity contribution is 5.90. The number of nitrogens with two attached hydrogens (primary N) is 1. The first-order chi connectivity index (χ1) is 12.8. The van der Waals surface area contributed by atoms with Gasteiger partial charge in [0.1, 0.15) is 23.5 Å². The van der Waals surface area contributed by atoms with E-state index < -0.39 is 11.7 Å². The van der Waals surface area contributed by atoms with E-state index in [0.717, 1.165) is 29.3 Å². The Hall–Kier alpha value is -3.01. The number of ether oxygens (including phenoxy) is 2. The molecule has 0 aliphatic rings. The minimum atomic E-state index is -0.482. The van der Waals surface area contributed by atoms with E-state index in [1.165, 1.54) is 6.33 Å². The van der Waals surface area contributed by atoms with Gasteiger partial charge in [-0.25, -0.2) is 14.8 Å². The van der Waals surface area contributed by atoms with Crippen LogP contribution in [-0.2, 0) is 4.74 Å².